The van der Waals surface area contributed by atoms with Crippen molar-refractivity contribution in [3.8, 4) is 17.2 Å². The number of methoxy groups -OCH3 is 1. The summed E-state index contributed by atoms with van der Waals surface area (Å²) in [6.07, 6.45) is 0. The van der Waals surface area contributed by atoms with Crippen molar-refractivity contribution < 1.29 is 14.3 Å². The third-order valence-corrected chi connectivity index (χ3v) is 5.22. The van der Waals surface area contributed by atoms with Crippen LogP contribution < -0.4 is 15.2 Å². The second kappa shape index (κ2) is 9.03. The molecule has 0 unspecified atom stereocenters. The second-order valence-electron chi connectivity index (χ2n) is 7.30. The van der Waals surface area contributed by atoms with Crippen LogP contribution >= 0.6 is 0 Å². The molecule has 0 aliphatic rings. The van der Waals surface area contributed by atoms with Crippen LogP contribution in [0.4, 0.5) is 0 Å². The minimum atomic E-state index is -0.371. The van der Waals surface area contributed by atoms with Crippen LogP contribution in [0, 0.1) is 13.8 Å². The molecule has 1 heterocycles. The highest BCUT2D eigenvalue weighted by Crippen LogP contribution is 2.29. The minimum absolute atomic E-state index is 0.0244. The van der Waals surface area contributed by atoms with Crippen LogP contribution in [0.15, 0.2) is 35.1 Å². The van der Waals surface area contributed by atoms with Gasteiger partial charge in [-0.1, -0.05) is 6.07 Å². The maximum absolute atomic E-state index is 12.6. The van der Waals surface area contributed by atoms with Gasteiger partial charge in [-0.15, -0.1) is 0 Å². The summed E-state index contributed by atoms with van der Waals surface area (Å²) in [4.78, 5) is 26.6. The number of carbonyl (C=O) groups is 1. The van der Waals surface area contributed by atoms with Gasteiger partial charge in [0, 0.05) is 26.2 Å². The van der Waals surface area contributed by atoms with Crippen molar-refractivity contribution in [3.05, 3.63) is 63.1 Å². The van der Waals surface area contributed by atoms with Gasteiger partial charge < -0.3 is 14.4 Å². The fraction of sp³-hybridized carbons (Fsp3) is 0.364. The molecule has 3 aromatic rings. The first-order chi connectivity index (χ1) is 14.8. The topological polar surface area (TPSA) is 91.5 Å². The molecule has 1 amide bonds. The lowest BCUT2D eigenvalue weighted by Crippen LogP contribution is -2.27. The summed E-state index contributed by atoms with van der Waals surface area (Å²) in [5, 5.41) is 7.71. The molecule has 3 rings (SSSR count). The number of rotatable bonds is 7. The van der Waals surface area contributed by atoms with E-state index in [4.69, 9.17) is 9.47 Å². The number of aryl methyl sites for hydroxylation is 3. The predicted octanol–water partition coefficient (Wildman–Crippen LogP) is 2.26. The van der Waals surface area contributed by atoms with Gasteiger partial charge in [-0.05, 0) is 66.6 Å². The molecule has 2 aromatic carbocycles. The third-order valence-electron chi connectivity index (χ3n) is 5.22. The Morgan fingerprint density at radius 3 is 2.48 bits per heavy atom. The van der Waals surface area contributed by atoms with E-state index in [1.165, 1.54) is 11.7 Å². The van der Waals surface area contributed by atoms with Crippen LogP contribution in [0.1, 0.15) is 34.0 Å². The molecule has 164 valence electrons. The molecule has 0 spiro atoms. The number of ether oxygens (including phenoxy) is 2. The van der Waals surface area contributed by atoms with Crippen molar-refractivity contribution in [2.45, 2.75) is 27.4 Å². The molecule has 9 heteroatoms. The zero-order valence-electron chi connectivity index (χ0n) is 18.7. The maximum atomic E-state index is 12.6. The zero-order valence-corrected chi connectivity index (χ0v) is 18.7. The van der Waals surface area contributed by atoms with Gasteiger partial charge in [0.05, 0.1) is 18.4 Å². The van der Waals surface area contributed by atoms with E-state index in [2.05, 4.69) is 10.4 Å². The van der Waals surface area contributed by atoms with Crippen LogP contribution in [0.2, 0.25) is 0 Å². The summed E-state index contributed by atoms with van der Waals surface area (Å²) in [7, 11) is 4.87. The van der Waals surface area contributed by atoms with Gasteiger partial charge in [0.2, 0.25) is 0 Å². The lowest BCUT2D eigenvalue weighted by atomic mass is 10.0. The van der Waals surface area contributed by atoms with Gasteiger partial charge in [0.1, 0.15) is 18.1 Å². The van der Waals surface area contributed by atoms with Crippen LogP contribution in [-0.2, 0) is 13.7 Å². The Bertz CT molecular complexity index is 1170. The zero-order chi connectivity index (χ0) is 22.7. The first kappa shape index (κ1) is 22.1. The minimum Gasteiger partial charge on any atom is -0.496 e. The summed E-state index contributed by atoms with van der Waals surface area (Å²) in [5.74, 6) is 1.20. The highest BCUT2D eigenvalue weighted by Gasteiger charge is 2.18. The number of amides is 1. The summed E-state index contributed by atoms with van der Waals surface area (Å²) < 4.78 is 14.0. The van der Waals surface area contributed by atoms with Crippen LogP contribution in [-0.4, -0.2) is 51.3 Å². The first-order valence-electron chi connectivity index (χ1n) is 9.93. The van der Waals surface area contributed by atoms with Gasteiger partial charge in [0.25, 0.3) is 5.91 Å². The summed E-state index contributed by atoms with van der Waals surface area (Å²) in [5.41, 5.74) is 3.14. The van der Waals surface area contributed by atoms with E-state index in [1.54, 1.807) is 37.3 Å². The Morgan fingerprint density at radius 1 is 1.13 bits per heavy atom. The quantitative estimate of drug-likeness (QED) is 0.577. The van der Waals surface area contributed by atoms with E-state index < -0.39 is 0 Å². The smallest absolute Gasteiger partial charge is 0.368 e. The molecule has 0 atom stereocenters. The average Bonchev–Trinajstić information content (AvgIpc) is 3.10. The van der Waals surface area contributed by atoms with Crippen molar-refractivity contribution in [1.29, 1.82) is 0 Å². The SMILES string of the molecule is CCN(C)C(=O)c1cc(C)c(OCc2c(OC)cccc2-n2nnn(C)c2=O)cc1C. The molecule has 0 radical (unpaired) electrons. The van der Waals surface area contributed by atoms with E-state index in [0.717, 1.165) is 15.8 Å². The number of hydrogen-bond acceptors (Lipinski definition) is 6. The number of carbonyl (C=O) groups excluding carboxylic acids is 1. The lowest BCUT2D eigenvalue weighted by molar-refractivity contribution is 0.0801. The van der Waals surface area contributed by atoms with E-state index in [0.29, 0.717) is 34.9 Å². The number of tetrazole rings is 1. The fourth-order valence-corrected chi connectivity index (χ4v) is 3.23. The van der Waals surface area contributed by atoms with Crippen molar-refractivity contribution in [1.82, 2.24) is 24.7 Å². The second-order valence-corrected chi connectivity index (χ2v) is 7.30. The van der Waals surface area contributed by atoms with E-state index in [-0.39, 0.29) is 18.2 Å². The van der Waals surface area contributed by atoms with Crippen LogP contribution in [0.5, 0.6) is 11.5 Å². The maximum Gasteiger partial charge on any atom is 0.368 e. The third kappa shape index (κ3) is 4.30. The van der Waals surface area contributed by atoms with Crippen molar-refractivity contribution in [2.75, 3.05) is 20.7 Å². The van der Waals surface area contributed by atoms with Crippen LogP contribution in [0.25, 0.3) is 5.69 Å². The van der Waals surface area contributed by atoms with E-state index in [9.17, 15) is 9.59 Å². The molecule has 0 saturated carbocycles. The van der Waals surface area contributed by atoms with Crippen molar-refractivity contribution in [3.63, 3.8) is 0 Å². The number of benzene rings is 2. The Morgan fingerprint density at radius 2 is 1.87 bits per heavy atom. The molecule has 0 aliphatic heterocycles. The molecule has 0 N–H and O–H groups in total. The highest BCUT2D eigenvalue weighted by atomic mass is 16.5. The average molecular weight is 425 g/mol. The summed E-state index contributed by atoms with van der Waals surface area (Å²) >= 11 is 0. The molecule has 0 fully saturated rings. The van der Waals surface area contributed by atoms with E-state index >= 15 is 0 Å². The molecule has 1 aromatic heterocycles. The van der Waals surface area contributed by atoms with Gasteiger partial charge in [0.15, 0.2) is 0 Å². The van der Waals surface area contributed by atoms with E-state index in [1.807, 2.05) is 32.9 Å². The standard InChI is InChI=1S/C22H27N5O4/c1-7-25(4)21(28)16-11-15(3)20(12-14(16)2)31-13-17-18(9-8-10-19(17)30-6)27-22(29)26(5)23-24-27/h8-12H,7,13H2,1-6H3. The Balaban J connectivity index is 1.95. The first-order valence-corrected chi connectivity index (χ1v) is 9.93. The summed E-state index contributed by atoms with van der Waals surface area (Å²) in [6.45, 7) is 6.49. The number of nitrogens with zero attached hydrogens (tertiary/aromatic N) is 5. The monoisotopic (exact) mass is 425 g/mol. The Hall–Kier alpha value is -3.62. The van der Waals surface area contributed by atoms with Gasteiger partial charge in [-0.25, -0.2) is 4.79 Å². The van der Waals surface area contributed by atoms with Gasteiger partial charge >= 0.3 is 5.69 Å². The lowest BCUT2D eigenvalue weighted by Gasteiger charge is -2.19. The molecule has 9 nitrogen and oxygen atoms in total. The number of hydrogen-bond donors (Lipinski definition) is 0. The fourth-order valence-electron chi connectivity index (χ4n) is 3.23. The predicted molar refractivity (Wildman–Crippen MR) is 116 cm³/mol. The molecule has 0 aliphatic carbocycles. The molecular weight excluding hydrogens is 398 g/mol. The molecule has 31 heavy (non-hydrogen) atoms. The van der Waals surface area contributed by atoms with Crippen molar-refractivity contribution in [2.24, 2.45) is 7.05 Å². The van der Waals surface area contributed by atoms with Crippen LogP contribution in [0.3, 0.4) is 0 Å². The highest BCUT2D eigenvalue weighted by molar-refractivity contribution is 5.96. The Labute approximate surface area is 180 Å². The molecule has 0 saturated heterocycles. The largest absolute Gasteiger partial charge is 0.496 e. The normalized spacial score (nSPS) is 10.8. The molecule has 0 bridgehead atoms. The van der Waals surface area contributed by atoms with Crippen molar-refractivity contribution >= 4 is 5.91 Å². The molecular formula is C22H27N5O4. The van der Waals surface area contributed by atoms with Gasteiger partial charge in [-0.2, -0.15) is 9.36 Å². The summed E-state index contributed by atoms with van der Waals surface area (Å²) in [6, 6.07) is 9.03. The number of aromatic nitrogens is 4. The van der Waals surface area contributed by atoms with Gasteiger partial charge in [-0.3, -0.25) is 4.79 Å². The Kier molecular flexibility index (Phi) is 6.43.